The topological polar surface area (TPSA) is 26.3 Å². The third kappa shape index (κ3) is 3.14. The van der Waals surface area contributed by atoms with Crippen molar-refractivity contribution in [1.29, 1.82) is 0 Å². The van der Waals surface area contributed by atoms with Crippen molar-refractivity contribution in [2.75, 3.05) is 7.11 Å². The minimum Gasteiger partial charge on any atom is -0.497 e. The molecule has 19 heavy (non-hydrogen) atoms. The highest BCUT2D eigenvalue weighted by Crippen LogP contribution is 2.24. The van der Waals surface area contributed by atoms with Crippen LogP contribution in [0.25, 0.3) is 10.8 Å². The monoisotopic (exact) mass is 252 g/mol. The molecule has 0 saturated carbocycles. The average molecular weight is 252 g/mol. The lowest BCUT2D eigenvalue weighted by molar-refractivity contribution is -0.118. The minimum atomic E-state index is 0.174. The first-order valence-electron chi connectivity index (χ1n) is 6.25. The summed E-state index contributed by atoms with van der Waals surface area (Å²) in [5.41, 5.74) is 1.03. The minimum absolute atomic E-state index is 0.174. The smallest absolute Gasteiger partial charge is 0.138 e. The summed E-state index contributed by atoms with van der Waals surface area (Å²) in [5.74, 6) is 3.48. The van der Waals surface area contributed by atoms with Gasteiger partial charge in [-0.15, -0.1) is 12.3 Å². The predicted molar refractivity (Wildman–Crippen MR) is 77.3 cm³/mol. The van der Waals surface area contributed by atoms with Gasteiger partial charge in [-0.25, -0.2) is 0 Å². The Balaban J connectivity index is 2.32. The van der Waals surface area contributed by atoms with E-state index in [2.05, 4.69) is 5.92 Å². The van der Waals surface area contributed by atoms with E-state index in [0.717, 1.165) is 22.1 Å². The van der Waals surface area contributed by atoms with Gasteiger partial charge in [-0.3, -0.25) is 4.79 Å². The number of benzene rings is 2. The molecular weight excluding hydrogens is 236 g/mol. The molecule has 2 rings (SSSR count). The van der Waals surface area contributed by atoms with E-state index in [1.165, 1.54) is 0 Å². The van der Waals surface area contributed by atoms with Crippen molar-refractivity contribution in [3.05, 3.63) is 42.0 Å². The molecule has 2 aromatic rings. The number of carbonyl (C=O) groups excluding carboxylic acids is 1. The van der Waals surface area contributed by atoms with Crippen LogP contribution in [-0.2, 0) is 11.2 Å². The van der Waals surface area contributed by atoms with Crippen molar-refractivity contribution in [1.82, 2.24) is 0 Å². The van der Waals surface area contributed by atoms with Crippen LogP contribution in [0.5, 0.6) is 5.75 Å². The van der Waals surface area contributed by atoms with Crippen molar-refractivity contribution in [2.24, 2.45) is 0 Å². The highest BCUT2D eigenvalue weighted by Gasteiger charge is 2.07. The maximum Gasteiger partial charge on any atom is 0.138 e. The van der Waals surface area contributed by atoms with Crippen LogP contribution in [0.15, 0.2) is 36.4 Å². The Hall–Kier alpha value is -2.27. The average Bonchev–Trinajstić information content (AvgIpc) is 2.45. The van der Waals surface area contributed by atoms with Gasteiger partial charge in [-0.1, -0.05) is 24.3 Å². The van der Waals surface area contributed by atoms with Crippen LogP contribution in [-0.4, -0.2) is 12.9 Å². The fraction of sp³-hybridized carbons (Fsp3) is 0.235. The molecule has 0 aliphatic heterocycles. The molecule has 0 fully saturated rings. The number of methoxy groups -OCH3 is 1. The number of hydrogen-bond acceptors (Lipinski definition) is 2. The van der Waals surface area contributed by atoms with Crippen LogP contribution in [0, 0.1) is 12.3 Å². The number of ether oxygens (including phenoxy) is 1. The highest BCUT2D eigenvalue weighted by atomic mass is 16.5. The van der Waals surface area contributed by atoms with Crippen molar-refractivity contribution >= 4 is 16.6 Å². The quantitative estimate of drug-likeness (QED) is 0.763. The molecule has 0 aliphatic carbocycles. The summed E-state index contributed by atoms with van der Waals surface area (Å²) in [7, 11) is 1.64. The number of terminal acetylenes is 1. The molecule has 96 valence electrons. The number of ketones is 1. The second-order valence-corrected chi connectivity index (χ2v) is 4.42. The lowest BCUT2D eigenvalue weighted by Crippen LogP contribution is -2.02. The lowest BCUT2D eigenvalue weighted by atomic mass is 9.99. The van der Waals surface area contributed by atoms with E-state index in [0.29, 0.717) is 19.3 Å². The first kappa shape index (κ1) is 13.2. The largest absolute Gasteiger partial charge is 0.497 e. The van der Waals surface area contributed by atoms with Crippen molar-refractivity contribution in [2.45, 2.75) is 19.3 Å². The van der Waals surface area contributed by atoms with Crippen molar-refractivity contribution < 1.29 is 9.53 Å². The van der Waals surface area contributed by atoms with E-state index in [4.69, 9.17) is 11.2 Å². The zero-order valence-corrected chi connectivity index (χ0v) is 11.0. The second kappa shape index (κ2) is 6.06. The molecule has 0 atom stereocenters. The molecule has 0 N–H and O–H groups in total. The Morgan fingerprint density at radius 2 is 2.16 bits per heavy atom. The molecule has 0 saturated heterocycles. The summed E-state index contributed by atoms with van der Waals surface area (Å²) in [5, 5.41) is 2.18. The molecular formula is C17H16O2. The van der Waals surface area contributed by atoms with Crippen LogP contribution in [0.1, 0.15) is 18.4 Å². The fourth-order valence-electron chi connectivity index (χ4n) is 2.11. The molecule has 0 unspecified atom stereocenters. The number of fused-ring (bicyclic) bond motifs is 1. The summed E-state index contributed by atoms with van der Waals surface area (Å²) in [6.07, 6.45) is 6.55. The van der Waals surface area contributed by atoms with E-state index in [1.807, 2.05) is 36.4 Å². The van der Waals surface area contributed by atoms with Gasteiger partial charge in [0.15, 0.2) is 0 Å². The third-order valence-corrected chi connectivity index (χ3v) is 3.12. The van der Waals surface area contributed by atoms with Crippen LogP contribution >= 0.6 is 0 Å². The first-order chi connectivity index (χ1) is 9.24. The SMILES string of the molecule is C#CCCC(=O)Cc1cccc2ccc(OC)cc12. The molecule has 0 spiro atoms. The Morgan fingerprint density at radius 1 is 1.32 bits per heavy atom. The van der Waals surface area contributed by atoms with Gasteiger partial charge in [0, 0.05) is 19.3 Å². The summed E-state index contributed by atoms with van der Waals surface area (Å²) in [4.78, 5) is 11.8. The van der Waals surface area contributed by atoms with Crippen LogP contribution in [0.2, 0.25) is 0 Å². The van der Waals surface area contributed by atoms with Gasteiger partial charge in [-0.2, -0.15) is 0 Å². The Labute approximate surface area is 113 Å². The van der Waals surface area contributed by atoms with Gasteiger partial charge in [0.05, 0.1) is 7.11 Å². The van der Waals surface area contributed by atoms with Gasteiger partial charge in [-0.05, 0) is 28.5 Å². The predicted octanol–water partition coefficient (Wildman–Crippen LogP) is 3.37. The molecule has 2 aromatic carbocycles. The van der Waals surface area contributed by atoms with Gasteiger partial charge in [0.25, 0.3) is 0 Å². The first-order valence-corrected chi connectivity index (χ1v) is 6.25. The Morgan fingerprint density at radius 3 is 2.89 bits per heavy atom. The highest BCUT2D eigenvalue weighted by molar-refractivity contribution is 5.91. The number of Topliss-reactive ketones (excluding diaryl/α,β-unsaturated/α-hetero) is 1. The van der Waals surface area contributed by atoms with Crippen molar-refractivity contribution in [3.8, 4) is 18.1 Å². The fourth-order valence-corrected chi connectivity index (χ4v) is 2.11. The van der Waals surface area contributed by atoms with Crippen LogP contribution in [0.3, 0.4) is 0 Å². The van der Waals surface area contributed by atoms with E-state index in [9.17, 15) is 4.79 Å². The zero-order valence-electron chi connectivity index (χ0n) is 11.0. The molecule has 0 heterocycles. The molecule has 0 amide bonds. The summed E-state index contributed by atoms with van der Waals surface area (Å²) < 4.78 is 5.24. The Bertz CT molecular complexity index is 635. The van der Waals surface area contributed by atoms with Crippen LogP contribution in [0.4, 0.5) is 0 Å². The summed E-state index contributed by atoms with van der Waals surface area (Å²) >= 11 is 0. The normalized spacial score (nSPS) is 10.1. The summed E-state index contributed by atoms with van der Waals surface area (Å²) in [6, 6.07) is 11.9. The van der Waals surface area contributed by atoms with Gasteiger partial charge in [0.2, 0.25) is 0 Å². The van der Waals surface area contributed by atoms with Gasteiger partial charge in [0.1, 0.15) is 11.5 Å². The molecule has 2 heteroatoms. The second-order valence-electron chi connectivity index (χ2n) is 4.42. The molecule has 0 aliphatic rings. The lowest BCUT2D eigenvalue weighted by Gasteiger charge is -2.07. The molecule has 0 aromatic heterocycles. The number of carbonyl (C=O) groups is 1. The van der Waals surface area contributed by atoms with E-state index in [1.54, 1.807) is 7.11 Å². The summed E-state index contributed by atoms with van der Waals surface area (Å²) in [6.45, 7) is 0. The number of rotatable bonds is 5. The zero-order chi connectivity index (χ0) is 13.7. The molecule has 0 bridgehead atoms. The van der Waals surface area contributed by atoms with Crippen LogP contribution < -0.4 is 4.74 Å². The van der Waals surface area contributed by atoms with E-state index >= 15 is 0 Å². The number of hydrogen-bond donors (Lipinski definition) is 0. The molecule has 0 radical (unpaired) electrons. The maximum absolute atomic E-state index is 11.8. The maximum atomic E-state index is 11.8. The van der Waals surface area contributed by atoms with Gasteiger partial charge >= 0.3 is 0 Å². The third-order valence-electron chi connectivity index (χ3n) is 3.12. The van der Waals surface area contributed by atoms with Gasteiger partial charge < -0.3 is 4.74 Å². The van der Waals surface area contributed by atoms with E-state index < -0.39 is 0 Å². The van der Waals surface area contributed by atoms with Crippen molar-refractivity contribution in [3.63, 3.8) is 0 Å². The van der Waals surface area contributed by atoms with E-state index in [-0.39, 0.29) is 5.78 Å². The standard InChI is InChI=1S/C17H16O2/c1-3-4-8-15(18)11-14-7-5-6-13-9-10-16(19-2)12-17(13)14/h1,5-7,9-10,12H,4,8,11H2,2H3. The Kier molecular flexibility index (Phi) is 4.20. The molecule has 2 nitrogen and oxygen atoms in total.